The second-order valence-electron chi connectivity index (χ2n) is 10.4. The number of fused-ring (bicyclic) bond motifs is 1. The molecule has 3 aromatic rings. The predicted octanol–water partition coefficient (Wildman–Crippen LogP) is -5.35. The molecule has 182 valence electrons. The van der Waals surface area contributed by atoms with Crippen LogP contribution >= 0.6 is 0 Å². The number of ether oxygens (including phenoxy) is 2. The van der Waals surface area contributed by atoms with Crippen molar-refractivity contribution in [3.05, 3.63) is 53.9 Å². The molecule has 0 atom stereocenters. The van der Waals surface area contributed by atoms with Crippen LogP contribution in [0.1, 0.15) is 16.2 Å². The molecule has 0 bridgehead atoms. The molecule has 6 nitrogen and oxygen atoms in total. The number of carbonyl (C=O) groups excluding carboxylic acids is 1. The average Bonchev–Trinajstić information content (AvgIpc) is 2.89. The van der Waals surface area contributed by atoms with Crippen molar-refractivity contribution >= 4 is 77.5 Å². The number of benzene rings is 2. The van der Waals surface area contributed by atoms with Gasteiger partial charge in [0.1, 0.15) is 56.6 Å². The summed E-state index contributed by atoms with van der Waals surface area (Å²) in [5.41, 5.74) is 4.36. The molecule has 2 aromatic carbocycles. The molecule has 1 amide bonds. The lowest BCUT2D eigenvalue weighted by Crippen LogP contribution is -2.59. The molecule has 37 heavy (non-hydrogen) atoms. The first kappa shape index (κ1) is 26.9. The minimum Gasteiger partial charge on any atom is -0.503 e. The summed E-state index contributed by atoms with van der Waals surface area (Å²) in [5, 5.41) is -1.56. The van der Waals surface area contributed by atoms with Gasteiger partial charge in [0, 0.05) is 11.9 Å². The van der Waals surface area contributed by atoms with Gasteiger partial charge >= 0.3 is 6.36 Å². The first-order valence-corrected chi connectivity index (χ1v) is 11.9. The number of carbonyl (C=O) groups is 1. The number of alkyl halides is 3. The summed E-state index contributed by atoms with van der Waals surface area (Å²) in [6.45, 7) is 0.293. The zero-order chi connectivity index (χ0) is 27.3. The quantitative estimate of drug-likeness (QED) is 0.337. The molecule has 1 aliphatic heterocycles. The van der Waals surface area contributed by atoms with Gasteiger partial charge in [-0.3, -0.25) is 4.79 Å². The highest BCUT2D eigenvalue weighted by Crippen LogP contribution is 2.35. The molecule has 0 N–H and O–H groups in total. The van der Waals surface area contributed by atoms with Crippen molar-refractivity contribution in [2.75, 3.05) is 6.54 Å². The molecular weight excluding hydrogens is 475 g/mol. The molecule has 0 fully saturated rings. The van der Waals surface area contributed by atoms with Gasteiger partial charge in [-0.2, -0.15) is 0 Å². The fourth-order valence-corrected chi connectivity index (χ4v) is 4.36. The summed E-state index contributed by atoms with van der Waals surface area (Å²) < 4.78 is 47.8. The van der Waals surface area contributed by atoms with Crippen molar-refractivity contribution in [2.24, 2.45) is 0 Å². The van der Waals surface area contributed by atoms with E-state index >= 15 is 0 Å². The van der Waals surface area contributed by atoms with Gasteiger partial charge < -0.3 is 14.4 Å². The molecule has 0 unspecified atom stereocenters. The largest absolute Gasteiger partial charge is 0.573 e. The van der Waals surface area contributed by atoms with Crippen LogP contribution in [-0.2, 0) is 5.34 Å². The summed E-state index contributed by atoms with van der Waals surface area (Å²) in [4.78, 5) is 25.2. The maximum Gasteiger partial charge on any atom is 0.573 e. The standard InChI is InChI=1S/C21H23B7F3N3O3/c22-14-15(23)32-18(33-16(14)24)20(27,28)34-8-19(25,26)37-13-6-3-10(7-12(13)17(34)35)9-1-4-11(5-2-9)36-21(29,30)31/h1-7H,8,22-28H2. The third kappa shape index (κ3) is 5.57. The van der Waals surface area contributed by atoms with E-state index in [9.17, 15) is 18.0 Å². The van der Waals surface area contributed by atoms with E-state index in [1.807, 2.05) is 54.9 Å². The summed E-state index contributed by atoms with van der Waals surface area (Å²) in [6.07, 6.45) is -4.77. The maximum atomic E-state index is 14.0. The molecule has 0 saturated carbocycles. The van der Waals surface area contributed by atoms with Crippen LogP contribution in [0.4, 0.5) is 13.2 Å². The number of rotatable bonds is 4. The van der Waals surface area contributed by atoms with Gasteiger partial charge in [-0.1, -0.05) is 23.7 Å². The minimum absolute atomic E-state index is 0.246. The van der Waals surface area contributed by atoms with Crippen molar-refractivity contribution in [1.82, 2.24) is 14.9 Å². The Labute approximate surface area is 220 Å². The SMILES string of the molecule is Bc1nc(C(B)(B)N2CC(B)(B)Oc3ccc(-c4ccc(OC(F)(F)F)cc4)cc3C2=O)nc(B)c1B. The van der Waals surface area contributed by atoms with Crippen LogP contribution in [-0.4, -0.2) is 94.0 Å². The Bertz CT molecular complexity index is 1350. The van der Waals surface area contributed by atoms with E-state index in [1.54, 1.807) is 23.1 Å². The van der Waals surface area contributed by atoms with E-state index in [2.05, 4.69) is 4.74 Å². The highest BCUT2D eigenvalue weighted by atomic mass is 19.4. The topological polar surface area (TPSA) is 64.6 Å². The number of halogens is 3. The summed E-state index contributed by atoms with van der Waals surface area (Å²) >= 11 is 0. The van der Waals surface area contributed by atoms with Crippen LogP contribution in [0.2, 0.25) is 0 Å². The van der Waals surface area contributed by atoms with Gasteiger partial charge in [-0.15, -0.1) is 13.2 Å². The van der Waals surface area contributed by atoms with Crippen LogP contribution in [0, 0.1) is 0 Å². The maximum absolute atomic E-state index is 14.0. The van der Waals surface area contributed by atoms with Crippen LogP contribution < -0.4 is 26.1 Å². The van der Waals surface area contributed by atoms with E-state index in [0.29, 0.717) is 34.8 Å². The van der Waals surface area contributed by atoms with Crippen molar-refractivity contribution < 1.29 is 27.4 Å². The molecule has 0 aliphatic carbocycles. The highest BCUT2D eigenvalue weighted by Gasteiger charge is 2.42. The van der Waals surface area contributed by atoms with Crippen LogP contribution in [0.25, 0.3) is 11.1 Å². The molecular formula is C21H23B7F3N3O3. The molecule has 0 spiro atoms. The number of nitrogens with zero attached hydrogens (tertiary/aromatic N) is 3. The Balaban J connectivity index is 1.75. The van der Waals surface area contributed by atoms with Gasteiger partial charge in [0.15, 0.2) is 15.7 Å². The molecule has 2 heterocycles. The minimum atomic E-state index is -4.77. The first-order valence-electron chi connectivity index (χ1n) is 11.9. The fourth-order valence-electron chi connectivity index (χ4n) is 4.36. The number of hydrogen-bond donors (Lipinski definition) is 0. The zero-order valence-electron chi connectivity index (χ0n) is 21.9. The summed E-state index contributed by atoms with van der Waals surface area (Å²) in [6, 6.07) is 10.7. The Morgan fingerprint density at radius 2 is 1.51 bits per heavy atom. The fraction of sp³-hybridized carbons (Fsp3) is 0.190. The zero-order valence-corrected chi connectivity index (χ0v) is 21.9. The van der Waals surface area contributed by atoms with Crippen molar-refractivity contribution in [1.29, 1.82) is 0 Å². The summed E-state index contributed by atoms with van der Waals surface area (Å²) in [7, 11) is 13.5. The average molecular weight is 498 g/mol. The smallest absolute Gasteiger partial charge is 0.503 e. The van der Waals surface area contributed by atoms with Crippen molar-refractivity contribution in [3.8, 4) is 22.6 Å². The molecule has 16 heteroatoms. The lowest BCUT2D eigenvalue weighted by molar-refractivity contribution is -0.274. The monoisotopic (exact) mass is 499 g/mol. The van der Waals surface area contributed by atoms with Gasteiger partial charge in [-0.25, -0.2) is 9.97 Å². The van der Waals surface area contributed by atoms with E-state index in [4.69, 9.17) is 14.7 Å². The van der Waals surface area contributed by atoms with Gasteiger partial charge in [0.05, 0.1) is 11.0 Å². The highest BCUT2D eigenvalue weighted by molar-refractivity contribution is 6.55. The van der Waals surface area contributed by atoms with Gasteiger partial charge in [0.25, 0.3) is 5.91 Å². The van der Waals surface area contributed by atoms with Crippen LogP contribution in [0.3, 0.4) is 0 Å². The first-order chi connectivity index (χ1) is 17.1. The number of amides is 1. The normalized spacial score (nSPS) is 15.4. The molecule has 0 radical (unpaired) electrons. The molecule has 1 aliphatic rings. The Hall–Kier alpha value is -3.17. The lowest BCUT2D eigenvalue weighted by atomic mass is 9.57. The van der Waals surface area contributed by atoms with E-state index < -0.39 is 17.1 Å². The Morgan fingerprint density at radius 3 is 2.08 bits per heavy atom. The third-order valence-electron chi connectivity index (χ3n) is 6.66. The van der Waals surface area contributed by atoms with Crippen molar-refractivity contribution in [2.45, 2.75) is 17.1 Å². The van der Waals surface area contributed by atoms with Crippen LogP contribution in [0.5, 0.6) is 11.5 Å². The van der Waals surface area contributed by atoms with Gasteiger partial charge in [0.2, 0.25) is 0 Å². The number of aromatic nitrogens is 2. The summed E-state index contributed by atoms with van der Waals surface area (Å²) in [5.74, 6) is 0.413. The molecule has 1 aromatic heterocycles. The van der Waals surface area contributed by atoms with E-state index in [1.165, 1.54) is 24.3 Å². The second-order valence-corrected chi connectivity index (χ2v) is 10.4. The Kier molecular flexibility index (Phi) is 6.75. The van der Waals surface area contributed by atoms with E-state index in [-0.39, 0.29) is 11.7 Å². The van der Waals surface area contributed by atoms with Gasteiger partial charge in [-0.05, 0) is 46.6 Å². The molecule has 4 rings (SSSR count). The lowest BCUT2D eigenvalue weighted by Gasteiger charge is -2.41. The molecule has 0 saturated heterocycles. The second kappa shape index (κ2) is 9.29. The van der Waals surface area contributed by atoms with Crippen molar-refractivity contribution in [3.63, 3.8) is 0 Å². The van der Waals surface area contributed by atoms with Crippen LogP contribution in [0.15, 0.2) is 42.5 Å². The third-order valence-corrected chi connectivity index (χ3v) is 6.66. The Morgan fingerprint density at radius 1 is 0.946 bits per heavy atom. The number of hydrogen-bond acceptors (Lipinski definition) is 5. The van der Waals surface area contributed by atoms with E-state index in [0.717, 1.165) is 16.6 Å². The predicted molar refractivity (Wildman–Crippen MR) is 155 cm³/mol.